The molecule has 6 aromatic rings. The van der Waals surface area contributed by atoms with Crippen LogP contribution in [0.3, 0.4) is 0 Å². The molecular weight excluding hydrogens is 646 g/mol. The van der Waals surface area contributed by atoms with Crippen LogP contribution in [-0.4, -0.2) is 33.5 Å². The van der Waals surface area contributed by atoms with Crippen molar-refractivity contribution in [1.82, 2.24) is 4.98 Å². The van der Waals surface area contributed by atoms with Crippen LogP contribution in [-0.2, 0) is 16.0 Å². The number of nitrogens with two attached hydrogens (primary N) is 1. The summed E-state index contributed by atoms with van der Waals surface area (Å²) in [5.74, 6) is -0.432. The molecule has 246 valence electrons. The molecule has 0 aliphatic carbocycles. The van der Waals surface area contributed by atoms with Crippen LogP contribution in [0.15, 0.2) is 126 Å². The Bertz CT molecular complexity index is 2170. The lowest BCUT2D eigenvalue weighted by atomic mass is 10.00. The molecule has 6 rings (SSSR count). The van der Waals surface area contributed by atoms with Crippen molar-refractivity contribution in [3.63, 3.8) is 0 Å². The average Bonchev–Trinajstić information content (AvgIpc) is 3.75. The van der Waals surface area contributed by atoms with Crippen molar-refractivity contribution in [2.45, 2.75) is 12.5 Å². The van der Waals surface area contributed by atoms with E-state index < -0.39 is 22.8 Å². The monoisotopic (exact) mass is 675 g/mol. The van der Waals surface area contributed by atoms with E-state index in [4.69, 9.17) is 10.2 Å². The van der Waals surface area contributed by atoms with Crippen molar-refractivity contribution >= 4 is 64.0 Å². The number of nitro benzene ring substituents is 1. The van der Waals surface area contributed by atoms with Gasteiger partial charge in [0.05, 0.1) is 16.7 Å². The summed E-state index contributed by atoms with van der Waals surface area (Å²) in [6.07, 6.45) is 4.86. The molecule has 49 heavy (non-hydrogen) atoms. The number of ketones is 1. The van der Waals surface area contributed by atoms with Crippen molar-refractivity contribution in [2.75, 3.05) is 10.6 Å². The number of anilines is 2. The first kappa shape index (κ1) is 34.0. The van der Waals surface area contributed by atoms with E-state index >= 15 is 0 Å². The van der Waals surface area contributed by atoms with Gasteiger partial charge in [0.25, 0.3) is 5.69 Å². The lowest BCUT2D eigenvalue weighted by Crippen LogP contribution is -2.37. The van der Waals surface area contributed by atoms with Gasteiger partial charge in [-0.25, -0.2) is 0 Å². The normalized spacial score (nSPS) is 11.5. The molecule has 0 spiro atoms. The smallest absolute Gasteiger partial charge is 0.269 e. The van der Waals surface area contributed by atoms with Crippen LogP contribution in [0, 0.1) is 10.1 Å². The number of fused-ring (bicyclic) bond motifs is 1. The summed E-state index contributed by atoms with van der Waals surface area (Å²) >= 11 is 0. The minimum absolute atomic E-state index is 0. The summed E-state index contributed by atoms with van der Waals surface area (Å²) in [6, 6.07) is 29.4. The highest BCUT2D eigenvalue weighted by Crippen LogP contribution is 2.27. The minimum Gasteiger partial charge on any atom is -0.457 e. The quantitative estimate of drug-likeness (QED) is 0.0488. The number of rotatable bonds is 11. The number of non-ortho nitro benzene ring substituents is 1. The lowest BCUT2D eigenvalue weighted by Gasteiger charge is -2.16. The van der Waals surface area contributed by atoms with Crippen molar-refractivity contribution in [2.24, 2.45) is 5.73 Å². The molecule has 2 heterocycles. The van der Waals surface area contributed by atoms with E-state index in [1.807, 2.05) is 30.5 Å². The maximum Gasteiger partial charge on any atom is 0.269 e. The Morgan fingerprint density at radius 1 is 0.898 bits per heavy atom. The van der Waals surface area contributed by atoms with Crippen molar-refractivity contribution in [3.8, 4) is 11.3 Å². The van der Waals surface area contributed by atoms with Crippen LogP contribution in [0.5, 0.6) is 0 Å². The molecule has 0 aliphatic heterocycles. The fourth-order valence-electron chi connectivity index (χ4n) is 5.21. The number of nitro groups is 1. The molecule has 5 N–H and O–H groups in total. The third kappa shape index (κ3) is 7.99. The summed E-state index contributed by atoms with van der Waals surface area (Å²) < 4.78 is 5.76. The number of hydrogen-bond acceptors (Lipinski definition) is 7. The highest BCUT2D eigenvalue weighted by atomic mass is 35.5. The van der Waals surface area contributed by atoms with Crippen molar-refractivity contribution < 1.29 is 23.7 Å². The highest BCUT2D eigenvalue weighted by Gasteiger charge is 2.21. The molecule has 12 heteroatoms. The number of benzene rings is 4. The first-order valence-corrected chi connectivity index (χ1v) is 14.9. The van der Waals surface area contributed by atoms with Gasteiger partial charge in [0.1, 0.15) is 11.5 Å². The van der Waals surface area contributed by atoms with E-state index in [1.54, 1.807) is 66.7 Å². The molecule has 0 aliphatic rings. The highest BCUT2D eigenvalue weighted by molar-refractivity contribution is 6.15. The third-order valence-electron chi connectivity index (χ3n) is 7.67. The molecule has 0 saturated heterocycles. The topological polar surface area (TPSA) is 173 Å². The number of H-pyrrole nitrogens is 1. The standard InChI is InChI=1S/C37H29N5O6.ClH/c38-31(20-25-22-39-32-9-5-4-8-29(25)32)37(45)41-33-17-12-26(21-30(33)36(44)24-6-2-1-3-7-24)40-35(43)19-16-28-15-18-34(48-28)23-10-13-27(14-11-23)42(46)47;/h1-19,21-22,31,39H,20,38H2,(H,40,43)(H,41,45);1H/b19-16+;/t31-;/m0./s1. The molecule has 0 radical (unpaired) electrons. The number of amides is 2. The molecule has 0 bridgehead atoms. The van der Waals surface area contributed by atoms with Gasteiger partial charge in [-0.2, -0.15) is 0 Å². The number of carbonyl (C=O) groups is 3. The zero-order chi connectivity index (χ0) is 33.6. The zero-order valence-electron chi connectivity index (χ0n) is 25.8. The Kier molecular flexibility index (Phi) is 10.5. The third-order valence-corrected chi connectivity index (χ3v) is 7.67. The number of hydrogen-bond donors (Lipinski definition) is 4. The van der Waals surface area contributed by atoms with E-state index in [0.29, 0.717) is 28.3 Å². The van der Waals surface area contributed by atoms with Gasteiger partial charge in [0.2, 0.25) is 11.8 Å². The minimum atomic E-state index is -0.893. The maximum atomic E-state index is 13.6. The van der Waals surface area contributed by atoms with Gasteiger partial charge in [-0.1, -0.05) is 48.5 Å². The largest absolute Gasteiger partial charge is 0.457 e. The van der Waals surface area contributed by atoms with Crippen LogP contribution < -0.4 is 16.4 Å². The number of aromatic amines is 1. The predicted molar refractivity (Wildman–Crippen MR) is 191 cm³/mol. The van der Waals surface area contributed by atoms with Crippen molar-refractivity contribution in [3.05, 3.63) is 154 Å². The lowest BCUT2D eigenvalue weighted by molar-refractivity contribution is -0.384. The number of furan rings is 1. The van der Waals surface area contributed by atoms with Gasteiger partial charge in [0, 0.05) is 57.7 Å². The molecule has 0 unspecified atom stereocenters. The Balaban J connectivity index is 0.00000468. The van der Waals surface area contributed by atoms with Gasteiger partial charge in [-0.3, -0.25) is 24.5 Å². The Labute approximate surface area is 286 Å². The summed E-state index contributed by atoms with van der Waals surface area (Å²) in [5.41, 5.74) is 9.93. The molecule has 2 aromatic heterocycles. The molecule has 0 fully saturated rings. The number of halogens is 1. The zero-order valence-corrected chi connectivity index (χ0v) is 26.6. The second-order valence-corrected chi connectivity index (χ2v) is 10.9. The molecular formula is C37H30ClN5O6. The van der Waals surface area contributed by atoms with Gasteiger partial charge < -0.3 is 25.8 Å². The average molecular weight is 676 g/mol. The van der Waals surface area contributed by atoms with E-state index in [2.05, 4.69) is 15.6 Å². The summed E-state index contributed by atoms with van der Waals surface area (Å²) in [5, 5.41) is 17.4. The number of carbonyl (C=O) groups excluding carboxylic acids is 3. The summed E-state index contributed by atoms with van der Waals surface area (Å²) in [4.78, 5) is 53.3. The van der Waals surface area contributed by atoms with Gasteiger partial charge >= 0.3 is 0 Å². The Morgan fingerprint density at radius 3 is 2.39 bits per heavy atom. The fourth-order valence-corrected chi connectivity index (χ4v) is 5.21. The number of nitrogens with one attached hydrogen (secondary N) is 3. The van der Waals surface area contributed by atoms with Gasteiger partial charge in [-0.15, -0.1) is 12.4 Å². The Hall–Kier alpha value is -6.30. The first-order valence-electron chi connectivity index (χ1n) is 14.9. The predicted octanol–water partition coefficient (Wildman–Crippen LogP) is 7.15. The second-order valence-electron chi connectivity index (χ2n) is 10.9. The number of aromatic nitrogens is 1. The van der Waals surface area contributed by atoms with Gasteiger partial charge in [-0.05, 0) is 66.6 Å². The van der Waals surface area contributed by atoms with E-state index in [1.165, 1.54) is 30.4 Å². The van der Waals surface area contributed by atoms with Crippen LogP contribution in [0.25, 0.3) is 28.3 Å². The summed E-state index contributed by atoms with van der Waals surface area (Å²) in [6.45, 7) is 0. The summed E-state index contributed by atoms with van der Waals surface area (Å²) in [7, 11) is 0. The van der Waals surface area contributed by atoms with Crippen molar-refractivity contribution in [1.29, 1.82) is 0 Å². The van der Waals surface area contributed by atoms with E-state index in [9.17, 15) is 24.5 Å². The van der Waals surface area contributed by atoms with Gasteiger partial charge in [0.15, 0.2) is 5.78 Å². The van der Waals surface area contributed by atoms with E-state index in [-0.39, 0.29) is 41.5 Å². The van der Waals surface area contributed by atoms with Crippen LogP contribution in [0.2, 0.25) is 0 Å². The Morgan fingerprint density at radius 2 is 1.63 bits per heavy atom. The van der Waals surface area contributed by atoms with Crippen LogP contribution >= 0.6 is 12.4 Å². The SMILES string of the molecule is Cl.N[C@@H](Cc1c[nH]c2ccccc12)C(=O)Nc1ccc(NC(=O)/C=C/c2ccc(-c3ccc([N+](=O)[O-])cc3)o2)cc1C(=O)c1ccccc1. The van der Waals surface area contributed by atoms with Crippen LogP contribution in [0.1, 0.15) is 27.2 Å². The molecule has 0 saturated carbocycles. The number of nitrogens with zero attached hydrogens (tertiary/aromatic N) is 1. The number of para-hydroxylation sites is 1. The maximum absolute atomic E-state index is 13.6. The van der Waals surface area contributed by atoms with Crippen LogP contribution in [0.4, 0.5) is 17.1 Å². The molecule has 11 nitrogen and oxygen atoms in total. The van der Waals surface area contributed by atoms with E-state index in [0.717, 1.165) is 16.5 Å². The molecule has 2 amide bonds. The first-order chi connectivity index (χ1) is 23.2. The molecule has 4 aromatic carbocycles. The molecule has 1 atom stereocenters. The fraction of sp³-hybridized carbons (Fsp3) is 0.0541. The second kappa shape index (κ2) is 15.1.